The summed E-state index contributed by atoms with van der Waals surface area (Å²) in [6, 6.07) is 22.7. The quantitative estimate of drug-likeness (QED) is 0.136. The number of hydrogen-bond acceptors (Lipinski definition) is 8. The van der Waals surface area contributed by atoms with E-state index in [0.29, 0.717) is 74.0 Å². The fraction of sp³-hybridized carbons (Fsp3) is 0.340. The predicted octanol–water partition coefficient (Wildman–Crippen LogP) is 12.8. The summed E-state index contributed by atoms with van der Waals surface area (Å²) in [5.74, 6) is -0.785. The van der Waals surface area contributed by atoms with E-state index < -0.39 is 23.3 Å². The average molecular weight is 920 g/mol. The summed E-state index contributed by atoms with van der Waals surface area (Å²) in [5.41, 5.74) is 9.78. The molecule has 13 heteroatoms. The van der Waals surface area contributed by atoms with E-state index in [1.807, 2.05) is 37.4 Å². The molecule has 8 nitrogen and oxygen atoms in total. The maximum atomic E-state index is 15.5. The zero-order chi connectivity index (χ0) is 46.6. The molecule has 9 rings (SSSR count). The highest BCUT2D eigenvalue weighted by Crippen LogP contribution is 2.40. The van der Waals surface area contributed by atoms with Crippen LogP contribution < -0.4 is 15.1 Å². The van der Waals surface area contributed by atoms with Gasteiger partial charge in [-0.05, 0) is 66.8 Å². The molecule has 4 aromatic carbocycles. The monoisotopic (exact) mass is 918 g/mol. The summed E-state index contributed by atoms with van der Waals surface area (Å²) in [7, 11) is 0. The van der Waals surface area contributed by atoms with Crippen molar-refractivity contribution in [3.05, 3.63) is 136 Å². The molecule has 1 N–H and O–H groups in total. The lowest BCUT2D eigenvalue weighted by molar-refractivity contribution is 0.122. The van der Waals surface area contributed by atoms with E-state index in [1.54, 1.807) is 6.92 Å². The standard InChI is InChI=1S/C33H37F2N5O2.C20H18ClF2N/c1-21(2)16-23-4-6-24(7-5-23)31-22(3)32(30-27(35)17-25(34)18-28(30)37-31)38-29-19-26(39-8-12-41-13-9-39)20-36-33(29)40-10-14-42-15-11-40;1-11(2)8-13-4-6-14(7-5-13)20-12(3)19(21)18-16(23)9-15(22)10-17(18)24-20/h4-7,17-21H,8-16H2,1-3H3,(H,37,38);4-7,9-11H,8H2,1-3H3. The maximum Gasteiger partial charge on any atom is 0.152 e. The van der Waals surface area contributed by atoms with Crippen molar-refractivity contribution < 1.29 is 27.0 Å². The Labute approximate surface area is 389 Å². The molecular formula is C53H55ClF4N6O2. The Morgan fingerprint density at radius 3 is 1.61 bits per heavy atom. The summed E-state index contributed by atoms with van der Waals surface area (Å²) in [4.78, 5) is 18.5. The molecule has 66 heavy (non-hydrogen) atoms. The topological polar surface area (TPSA) is 75.6 Å². The number of rotatable bonds is 10. The van der Waals surface area contributed by atoms with Gasteiger partial charge in [0.05, 0.1) is 87.9 Å². The minimum absolute atomic E-state index is 0.163. The van der Waals surface area contributed by atoms with Gasteiger partial charge in [-0.2, -0.15) is 0 Å². The summed E-state index contributed by atoms with van der Waals surface area (Å²) < 4.78 is 68.7. The summed E-state index contributed by atoms with van der Waals surface area (Å²) >= 11 is 6.34. The van der Waals surface area contributed by atoms with Gasteiger partial charge in [0.15, 0.2) is 5.82 Å². The molecule has 2 aliphatic heterocycles. The van der Waals surface area contributed by atoms with Gasteiger partial charge >= 0.3 is 0 Å². The molecule has 0 saturated carbocycles. The zero-order valence-corrected chi connectivity index (χ0v) is 39.0. The lowest BCUT2D eigenvalue weighted by Gasteiger charge is -2.32. The second kappa shape index (κ2) is 20.4. The lowest BCUT2D eigenvalue weighted by Crippen LogP contribution is -2.38. The van der Waals surface area contributed by atoms with E-state index in [1.165, 1.54) is 23.3 Å². The predicted molar refractivity (Wildman–Crippen MR) is 259 cm³/mol. The van der Waals surface area contributed by atoms with Crippen LogP contribution in [0.15, 0.2) is 85.1 Å². The van der Waals surface area contributed by atoms with Crippen molar-refractivity contribution in [2.45, 2.75) is 54.4 Å². The molecule has 0 spiro atoms. The average Bonchev–Trinajstić information content (AvgIpc) is 3.29. The van der Waals surface area contributed by atoms with Gasteiger partial charge < -0.3 is 24.6 Å². The molecular weight excluding hydrogens is 864 g/mol. The number of anilines is 4. The minimum atomic E-state index is -0.690. The van der Waals surface area contributed by atoms with Crippen LogP contribution in [-0.2, 0) is 22.3 Å². The number of pyridine rings is 3. The molecule has 0 amide bonds. The van der Waals surface area contributed by atoms with Gasteiger partial charge in [0.2, 0.25) is 0 Å². The van der Waals surface area contributed by atoms with Crippen molar-refractivity contribution in [1.29, 1.82) is 0 Å². The van der Waals surface area contributed by atoms with Crippen LogP contribution in [-0.4, -0.2) is 67.6 Å². The second-order valence-corrected chi connectivity index (χ2v) is 18.3. The first-order chi connectivity index (χ1) is 31.7. The normalized spacial score (nSPS) is 14.3. The van der Waals surface area contributed by atoms with Gasteiger partial charge in [0, 0.05) is 61.6 Å². The molecule has 344 valence electrons. The van der Waals surface area contributed by atoms with Gasteiger partial charge in [0.25, 0.3) is 0 Å². The Morgan fingerprint density at radius 1 is 0.621 bits per heavy atom. The summed E-state index contributed by atoms with van der Waals surface area (Å²) in [6.07, 6.45) is 3.87. The highest BCUT2D eigenvalue weighted by Gasteiger charge is 2.24. The highest BCUT2D eigenvalue weighted by molar-refractivity contribution is 6.36. The number of ether oxygens (including phenoxy) is 2. The second-order valence-electron chi connectivity index (χ2n) is 17.9. The molecule has 2 aliphatic rings. The number of halogens is 5. The Kier molecular flexibility index (Phi) is 14.4. The van der Waals surface area contributed by atoms with Crippen LogP contribution in [0.5, 0.6) is 0 Å². The Morgan fingerprint density at radius 2 is 1.09 bits per heavy atom. The van der Waals surface area contributed by atoms with E-state index >= 15 is 4.39 Å². The van der Waals surface area contributed by atoms with Crippen molar-refractivity contribution >= 4 is 56.3 Å². The van der Waals surface area contributed by atoms with Gasteiger partial charge in [-0.15, -0.1) is 0 Å². The van der Waals surface area contributed by atoms with Crippen molar-refractivity contribution in [1.82, 2.24) is 15.0 Å². The number of morpholine rings is 2. The molecule has 2 fully saturated rings. The summed E-state index contributed by atoms with van der Waals surface area (Å²) in [5, 5.41) is 4.25. The number of hydrogen-bond donors (Lipinski definition) is 1. The third-order valence-electron chi connectivity index (χ3n) is 12.0. The molecule has 0 bridgehead atoms. The third kappa shape index (κ3) is 10.4. The fourth-order valence-electron chi connectivity index (χ4n) is 8.72. The van der Waals surface area contributed by atoms with Crippen LogP contribution in [0, 0.1) is 49.0 Å². The SMILES string of the molecule is Cc1c(-c2ccc(CC(C)C)cc2)nc2cc(F)cc(F)c2c1Cl.Cc1c(-c2ccc(CC(C)C)cc2)nc2cc(F)cc(F)c2c1Nc1cc(N2CCOCC2)cnc1N1CCOCC1. The molecule has 0 unspecified atom stereocenters. The van der Waals surface area contributed by atoms with Gasteiger partial charge in [-0.25, -0.2) is 32.5 Å². The number of benzene rings is 4. The lowest BCUT2D eigenvalue weighted by atomic mass is 9.98. The molecule has 0 atom stereocenters. The van der Waals surface area contributed by atoms with Crippen molar-refractivity contribution in [3.63, 3.8) is 0 Å². The Hall–Kier alpha value is -5.82. The molecule has 2 saturated heterocycles. The van der Waals surface area contributed by atoms with Crippen LogP contribution >= 0.6 is 11.6 Å². The van der Waals surface area contributed by atoms with Crippen LogP contribution in [0.2, 0.25) is 5.02 Å². The van der Waals surface area contributed by atoms with Crippen LogP contribution in [0.4, 0.5) is 40.4 Å². The maximum absolute atomic E-state index is 15.5. The van der Waals surface area contributed by atoms with Crippen LogP contribution in [0.1, 0.15) is 49.9 Å². The van der Waals surface area contributed by atoms with Gasteiger partial charge in [-0.3, -0.25) is 0 Å². The number of aromatic nitrogens is 3. The first-order valence-corrected chi connectivity index (χ1v) is 23.0. The number of fused-ring (bicyclic) bond motifs is 2. The minimum Gasteiger partial charge on any atom is -0.378 e. The Bertz CT molecular complexity index is 2850. The van der Waals surface area contributed by atoms with Crippen molar-refractivity contribution in [2.75, 3.05) is 67.7 Å². The molecule has 0 radical (unpaired) electrons. The fourth-order valence-corrected chi connectivity index (χ4v) is 9.00. The Balaban J connectivity index is 0.000000209. The molecule has 3 aromatic heterocycles. The van der Waals surface area contributed by atoms with E-state index in [2.05, 4.69) is 78.1 Å². The largest absolute Gasteiger partial charge is 0.378 e. The molecule has 0 aliphatic carbocycles. The summed E-state index contributed by atoms with van der Waals surface area (Å²) in [6.45, 7) is 17.9. The number of nitrogens with zero attached hydrogens (tertiary/aromatic N) is 5. The zero-order valence-electron chi connectivity index (χ0n) is 38.3. The number of nitrogens with one attached hydrogen (secondary N) is 1. The highest BCUT2D eigenvalue weighted by atomic mass is 35.5. The van der Waals surface area contributed by atoms with E-state index in [9.17, 15) is 13.2 Å². The third-order valence-corrected chi connectivity index (χ3v) is 12.4. The molecule has 7 aromatic rings. The first kappa shape index (κ1) is 46.7. The molecule has 5 heterocycles. The first-order valence-electron chi connectivity index (χ1n) is 22.6. The van der Waals surface area contributed by atoms with E-state index in [-0.39, 0.29) is 26.8 Å². The van der Waals surface area contributed by atoms with E-state index in [0.717, 1.165) is 71.9 Å². The smallest absolute Gasteiger partial charge is 0.152 e. The van der Waals surface area contributed by atoms with Crippen LogP contribution in [0.25, 0.3) is 44.3 Å². The van der Waals surface area contributed by atoms with Crippen molar-refractivity contribution in [3.8, 4) is 22.5 Å². The van der Waals surface area contributed by atoms with Gasteiger partial charge in [0.1, 0.15) is 23.3 Å². The van der Waals surface area contributed by atoms with Gasteiger partial charge in [-0.1, -0.05) is 87.8 Å². The van der Waals surface area contributed by atoms with E-state index in [4.69, 9.17) is 31.0 Å². The van der Waals surface area contributed by atoms with Crippen LogP contribution in [0.3, 0.4) is 0 Å². The van der Waals surface area contributed by atoms with Crippen molar-refractivity contribution in [2.24, 2.45) is 11.8 Å².